The van der Waals surface area contributed by atoms with Crippen LogP contribution in [0.2, 0.25) is 0 Å². The lowest BCUT2D eigenvalue weighted by Gasteiger charge is -2.25. The predicted molar refractivity (Wildman–Crippen MR) is 117 cm³/mol. The number of carbonyl (C=O) groups excluding carboxylic acids is 2. The lowest BCUT2D eigenvalue weighted by atomic mass is 10.1. The van der Waals surface area contributed by atoms with Gasteiger partial charge in [0.05, 0.1) is 10.6 Å². The van der Waals surface area contributed by atoms with Crippen LogP contribution in [-0.4, -0.2) is 46.5 Å². The number of nitrogens with one attached hydrogen (secondary N) is 2. The summed E-state index contributed by atoms with van der Waals surface area (Å²) in [5.41, 5.74) is 3.69. The lowest BCUT2D eigenvalue weighted by molar-refractivity contribution is 0.0705. The van der Waals surface area contributed by atoms with Crippen molar-refractivity contribution in [1.29, 1.82) is 0 Å². The van der Waals surface area contributed by atoms with E-state index in [2.05, 4.69) is 15.2 Å². The Labute approximate surface area is 182 Å². The molecule has 156 valence electrons. The van der Waals surface area contributed by atoms with Gasteiger partial charge in [-0.1, -0.05) is 30.3 Å². The largest absolute Gasteiger partial charge is 0.351 e. The highest BCUT2D eigenvalue weighted by Crippen LogP contribution is 2.28. The Bertz CT molecular complexity index is 1030. The maximum absolute atomic E-state index is 12.4. The monoisotopic (exact) mass is 442 g/mol. The summed E-state index contributed by atoms with van der Waals surface area (Å²) in [6, 6.07) is 13.9. The molecule has 0 atom stereocenters. The van der Waals surface area contributed by atoms with Crippen molar-refractivity contribution in [3.8, 4) is 10.4 Å². The fourth-order valence-electron chi connectivity index (χ4n) is 3.39. The van der Waals surface area contributed by atoms with Crippen molar-refractivity contribution >= 4 is 34.5 Å². The van der Waals surface area contributed by atoms with Crippen molar-refractivity contribution < 1.29 is 14.8 Å². The Morgan fingerprint density at radius 3 is 2.73 bits per heavy atom. The number of hydrogen-bond donors (Lipinski definition) is 3. The standard InChI is InChI=1S/C21H22N4O3S2/c26-19(17-8-7-16(29-17)14-5-2-1-3-6-14)22-10-4-11-25-12-9-15-18(13-25)30-21(23-15)20(27)24-28/h1-3,5-8,28H,4,9-13H2,(H,22,26)(H,24,27). The topological polar surface area (TPSA) is 94.6 Å². The number of benzene rings is 1. The van der Waals surface area contributed by atoms with E-state index in [1.54, 1.807) is 5.48 Å². The fraction of sp³-hybridized carbons (Fsp3) is 0.286. The van der Waals surface area contributed by atoms with Crippen molar-refractivity contribution in [2.75, 3.05) is 19.6 Å². The number of nitrogens with zero attached hydrogens (tertiary/aromatic N) is 2. The first-order chi connectivity index (χ1) is 14.6. The number of hydrogen-bond acceptors (Lipinski definition) is 7. The van der Waals surface area contributed by atoms with Crippen LogP contribution >= 0.6 is 22.7 Å². The number of rotatable bonds is 7. The second-order valence-corrected chi connectivity index (χ2v) is 9.16. The molecule has 2 aromatic heterocycles. The highest BCUT2D eigenvalue weighted by molar-refractivity contribution is 7.17. The predicted octanol–water partition coefficient (Wildman–Crippen LogP) is 3.17. The van der Waals surface area contributed by atoms with Gasteiger partial charge in [0.2, 0.25) is 0 Å². The number of fused-ring (bicyclic) bond motifs is 1. The molecule has 0 radical (unpaired) electrons. The van der Waals surface area contributed by atoms with Gasteiger partial charge in [-0.15, -0.1) is 22.7 Å². The molecule has 0 bridgehead atoms. The summed E-state index contributed by atoms with van der Waals surface area (Å²) in [5.74, 6) is -0.599. The van der Waals surface area contributed by atoms with Crippen LogP contribution in [0.5, 0.6) is 0 Å². The third kappa shape index (κ3) is 4.76. The molecule has 0 spiro atoms. The minimum absolute atomic E-state index is 0.0368. The van der Waals surface area contributed by atoms with Crippen molar-refractivity contribution in [1.82, 2.24) is 20.7 Å². The molecule has 2 amide bonds. The van der Waals surface area contributed by atoms with E-state index in [1.807, 2.05) is 42.5 Å². The van der Waals surface area contributed by atoms with Crippen molar-refractivity contribution in [2.45, 2.75) is 19.4 Å². The van der Waals surface area contributed by atoms with Gasteiger partial charge in [-0.25, -0.2) is 10.5 Å². The zero-order chi connectivity index (χ0) is 20.9. The molecular weight excluding hydrogens is 420 g/mol. The summed E-state index contributed by atoms with van der Waals surface area (Å²) in [5, 5.41) is 12.1. The molecule has 0 saturated heterocycles. The van der Waals surface area contributed by atoms with Crippen LogP contribution in [0, 0.1) is 0 Å². The van der Waals surface area contributed by atoms with Crippen LogP contribution in [0.25, 0.3) is 10.4 Å². The van der Waals surface area contributed by atoms with Crippen LogP contribution in [0.1, 0.15) is 36.5 Å². The number of carbonyl (C=O) groups is 2. The van der Waals surface area contributed by atoms with Gasteiger partial charge in [0.25, 0.3) is 5.91 Å². The van der Waals surface area contributed by atoms with Gasteiger partial charge in [0.15, 0.2) is 5.01 Å². The Morgan fingerprint density at radius 2 is 1.93 bits per heavy atom. The Hall–Kier alpha value is -2.59. The van der Waals surface area contributed by atoms with Crippen LogP contribution in [-0.2, 0) is 13.0 Å². The van der Waals surface area contributed by atoms with Gasteiger partial charge in [0.1, 0.15) is 0 Å². The molecule has 3 heterocycles. The summed E-state index contributed by atoms with van der Waals surface area (Å²) in [6.07, 6.45) is 1.63. The van der Waals surface area contributed by atoms with Crippen LogP contribution in [0.4, 0.5) is 0 Å². The summed E-state index contributed by atoms with van der Waals surface area (Å²) in [4.78, 5) is 33.4. The van der Waals surface area contributed by atoms with E-state index in [4.69, 9.17) is 5.21 Å². The zero-order valence-electron chi connectivity index (χ0n) is 16.3. The Kier molecular flexibility index (Phi) is 6.53. The fourth-order valence-corrected chi connectivity index (χ4v) is 5.36. The zero-order valence-corrected chi connectivity index (χ0v) is 17.9. The molecule has 0 saturated carbocycles. The van der Waals surface area contributed by atoms with Crippen LogP contribution < -0.4 is 10.8 Å². The van der Waals surface area contributed by atoms with Crippen molar-refractivity contribution in [2.24, 2.45) is 0 Å². The first-order valence-electron chi connectivity index (χ1n) is 9.73. The molecule has 0 fully saturated rings. The highest BCUT2D eigenvalue weighted by atomic mass is 32.1. The number of thiophene rings is 1. The first kappa shape index (κ1) is 20.7. The molecule has 9 heteroatoms. The van der Waals surface area contributed by atoms with Gasteiger partial charge in [-0.05, 0) is 24.1 Å². The highest BCUT2D eigenvalue weighted by Gasteiger charge is 2.22. The molecule has 1 aromatic carbocycles. The lowest BCUT2D eigenvalue weighted by Crippen LogP contribution is -2.33. The van der Waals surface area contributed by atoms with Crippen molar-refractivity contribution in [3.63, 3.8) is 0 Å². The van der Waals surface area contributed by atoms with E-state index >= 15 is 0 Å². The molecule has 3 N–H and O–H groups in total. The van der Waals surface area contributed by atoms with Gasteiger partial charge < -0.3 is 5.32 Å². The molecule has 4 rings (SSSR count). The van der Waals surface area contributed by atoms with E-state index in [0.717, 1.165) is 58.4 Å². The normalized spacial score (nSPS) is 13.6. The second-order valence-electron chi connectivity index (χ2n) is 7.00. The van der Waals surface area contributed by atoms with E-state index in [9.17, 15) is 9.59 Å². The van der Waals surface area contributed by atoms with E-state index in [0.29, 0.717) is 11.6 Å². The van der Waals surface area contributed by atoms with Gasteiger partial charge in [-0.2, -0.15) is 0 Å². The SMILES string of the molecule is O=C(NCCCN1CCc2nc(C(=O)NO)sc2C1)c1ccc(-c2ccccc2)s1. The minimum atomic E-state index is -0.562. The maximum Gasteiger partial charge on any atom is 0.303 e. The summed E-state index contributed by atoms with van der Waals surface area (Å²) >= 11 is 2.82. The molecule has 1 aliphatic heterocycles. The first-order valence-corrected chi connectivity index (χ1v) is 11.4. The van der Waals surface area contributed by atoms with E-state index in [-0.39, 0.29) is 5.91 Å². The molecule has 0 unspecified atom stereocenters. The maximum atomic E-state index is 12.4. The number of aromatic nitrogens is 1. The molecule has 7 nitrogen and oxygen atoms in total. The summed E-state index contributed by atoms with van der Waals surface area (Å²) < 4.78 is 0. The molecule has 0 aliphatic carbocycles. The number of hydroxylamine groups is 1. The summed E-state index contributed by atoms with van der Waals surface area (Å²) in [6.45, 7) is 3.09. The van der Waals surface area contributed by atoms with Gasteiger partial charge >= 0.3 is 5.91 Å². The average molecular weight is 443 g/mol. The molecule has 1 aliphatic rings. The Balaban J connectivity index is 1.23. The molecule has 30 heavy (non-hydrogen) atoms. The molecule has 3 aromatic rings. The van der Waals surface area contributed by atoms with Gasteiger partial charge in [0, 0.05) is 42.4 Å². The third-order valence-corrected chi connectivity index (χ3v) is 7.15. The summed E-state index contributed by atoms with van der Waals surface area (Å²) in [7, 11) is 0. The average Bonchev–Trinajstić information content (AvgIpc) is 3.44. The van der Waals surface area contributed by atoms with Crippen LogP contribution in [0.3, 0.4) is 0 Å². The smallest absolute Gasteiger partial charge is 0.303 e. The number of thiazole rings is 1. The molecular formula is C21H22N4O3S2. The Morgan fingerprint density at radius 1 is 1.10 bits per heavy atom. The quantitative estimate of drug-likeness (QED) is 0.297. The van der Waals surface area contributed by atoms with E-state index in [1.165, 1.54) is 22.7 Å². The number of amides is 2. The minimum Gasteiger partial charge on any atom is -0.351 e. The van der Waals surface area contributed by atoms with Crippen LogP contribution in [0.15, 0.2) is 42.5 Å². The second kappa shape index (κ2) is 9.48. The van der Waals surface area contributed by atoms with Crippen molar-refractivity contribution in [3.05, 3.63) is 62.9 Å². The third-order valence-electron chi connectivity index (χ3n) is 4.93. The van der Waals surface area contributed by atoms with Gasteiger partial charge in [-0.3, -0.25) is 19.7 Å². The van der Waals surface area contributed by atoms with E-state index < -0.39 is 5.91 Å².